The van der Waals surface area contributed by atoms with Crippen molar-refractivity contribution < 1.29 is 4.74 Å². The van der Waals surface area contributed by atoms with Crippen LogP contribution in [0.15, 0.2) is 18.2 Å². The van der Waals surface area contributed by atoms with Crippen LogP contribution in [0.3, 0.4) is 0 Å². The average molecular weight is 212 g/mol. The molecule has 14 heavy (non-hydrogen) atoms. The molecule has 1 aliphatic rings. The Kier molecular flexibility index (Phi) is 2.66. The van der Waals surface area contributed by atoms with Gasteiger partial charge in [-0.1, -0.05) is 17.7 Å². The summed E-state index contributed by atoms with van der Waals surface area (Å²) in [4.78, 5) is 0. The second-order valence-electron chi connectivity index (χ2n) is 3.76. The maximum Gasteiger partial charge on any atom is 0.137 e. The fourth-order valence-corrected chi connectivity index (χ4v) is 1.88. The van der Waals surface area contributed by atoms with Crippen molar-refractivity contribution in [3.63, 3.8) is 0 Å². The van der Waals surface area contributed by atoms with Crippen molar-refractivity contribution in [1.29, 1.82) is 0 Å². The summed E-state index contributed by atoms with van der Waals surface area (Å²) in [6.07, 6.45) is 2.48. The van der Waals surface area contributed by atoms with E-state index in [0.717, 1.165) is 5.56 Å². The Morgan fingerprint density at radius 3 is 2.71 bits per heavy atom. The van der Waals surface area contributed by atoms with Gasteiger partial charge in [0.25, 0.3) is 0 Å². The fraction of sp³-hybridized carbons (Fsp3) is 0.455. The summed E-state index contributed by atoms with van der Waals surface area (Å²) in [5, 5.41) is 0.640. The summed E-state index contributed by atoms with van der Waals surface area (Å²) in [5.41, 5.74) is 7.17. The van der Waals surface area contributed by atoms with Crippen LogP contribution in [-0.4, -0.2) is 7.11 Å². The summed E-state index contributed by atoms with van der Waals surface area (Å²) in [5.74, 6) is 1.36. The average Bonchev–Trinajstić information content (AvgIpc) is 3.00. The van der Waals surface area contributed by atoms with Crippen LogP contribution in [0.25, 0.3) is 0 Å². The molecule has 1 aromatic carbocycles. The van der Waals surface area contributed by atoms with Crippen molar-refractivity contribution in [2.24, 2.45) is 11.7 Å². The Morgan fingerprint density at radius 2 is 2.21 bits per heavy atom. The van der Waals surface area contributed by atoms with Crippen molar-refractivity contribution in [2.45, 2.75) is 18.9 Å². The second-order valence-corrected chi connectivity index (χ2v) is 4.16. The third-order valence-electron chi connectivity index (χ3n) is 2.69. The summed E-state index contributed by atoms with van der Waals surface area (Å²) >= 11 is 6.02. The molecule has 0 spiro atoms. The number of nitrogens with two attached hydrogens (primary N) is 1. The molecule has 2 rings (SSSR count). The number of ether oxygens (including phenoxy) is 1. The molecule has 1 aromatic rings. The van der Waals surface area contributed by atoms with Crippen LogP contribution in [0.5, 0.6) is 5.75 Å². The van der Waals surface area contributed by atoms with E-state index in [1.165, 1.54) is 12.8 Å². The lowest BCUT2D eigenvalue weighted by Crippen LogP contribution is -2.12. The van der Waals surface area contributed by atoms with Crippen molar-refractivity contribution >= 4 is 11.6 Å². The molecular formula is C11H14ClNO. The summed E-state index contributed by atoms with van der Waals surface area (Å²) in [6.45, 7) is 0. The van der Waals surface area contributed by atoms with Crippen LogP contribution in [-0.2, 0) is 0 Å². The second kappa shape index (κ2) is 3.79. The number of benzene rings is 1. The first-order chi connectivity index (χ1) is 6.72. The minimum absolute atomic E-state index is 0.137. The Morgan fingerprint density at radius 1 is 1.50 bits per heavy atom. The van der Waals surface area contributed by atoms with Crippen LogP contribution >= 0.6 is 11.6 Å². The molecule has 3 heteroatoms. The van der Waals surface area contributed by atoms with Crippen LogP contribution in [0.1, 0.15) is 24.4 Å². The highest BCUT2D eigenvalue weighted by atomic mass is 35.5. The molecule has 1 atom stereocenters. The van der Waals surface area contributed by atoms with Crippen LogP contribution in [0.4, 0.5) is 0 Å². The van der Waals surface area contributed by atoms with E-state index < -0.39 is 0 Å². The Labute approximate surface area is 89.0 Å². The molecule has 1 aliphatic carbocycles. The molecule has 0 unspecified atom stereocenters. The lowest BCUT2D eigenvalue weighted by molar-refractivity contribution is 0.414. The topological polar surface area (TPSA) is 35.2 Å². The molecule has 76 valence electrons. The first-order valence-corrected chi connectivity index (χ1v) is 5.19. The van der Waals surface area contributed by atoms with Gasteiger partial charge in [0.15, 0.2) is 0 Å². The standard InChI is InChI=1S/C11H14ClNO/c1-14-10-5-4-8(6-9(10)12)11(13)7-2-3-7/h4-7,11H,2-3,13H2,1H3/t11-/m1/s1. The molecule has 0 saturated heterocycles. The zero-order chi connectivity index (χ0) is 10.1. The zero-order valence-corrected chi connectivity index (χ0v) is 8.92. The van der Waals surface area contributed by atoms with Gasteiger partial charge in [-0.05, 0) is 36.5 Å². The van der Waals surface area contributed by atoms with E-state index in [1.54, 1.807) is 7.11 Å². The Bertz CT molecular complexity index is 336. The van der Waals surface area contributed by atoms with Crippen molar-refractivity contribution in [3.05, 3.63) is 28.8 Å². The molecule has 1 fully saturated rings. The van der Waals surface area contributed by atoms with Gasteiger partial charge in [0.2, 0.25) is 0 Å². The quantitative estimate of drug-likeness (QED) is 0.835. The normalized spacial score (nSPS) is 17.9. The summed E-state index contributed by atoms with van der Waals surface area (Å²) < 4.78 is 5.08. The molecule has 2 N–H and O–H groups in total. The summed E-state index contributed by atoms with van der Waals surface area (Å²) in [7, 11) is 1.61. The maximum atomic E-state index is 6.06. The van der Waals surface area contributed by atoms with Gasteiger partial charge in [0.05, 0.1) is 12.1 Å². The monoisotopic (exact) mass is 211 g/mol. The third kappa shape index (κ3) is 1.86. The van der Waals surface area contributed by atoms with E-state index >= 15 is 0 Å². The van der Waals surface area contributed by atoms with Gasteiger partial charge in [0.1, 0.15) is 5.75 Å². The molecule has 2 nitrogen and oxygen atoms in total. The molecule has 0 heterocycles. The highest BCUT2D eigenvalue weighted by Crippen LogP contribution is 2.40. The minimum Gasteiger partial charge on any atom is -0.495 e. The highest BCUT2D eigenvalue weighted by Gasteiger charge is 2.29. The zero-order valence-electron chi connectivity index (χ0n) is 8.16. The smallest absolute Gasteiger partial charge is 0.137 e. The lowest BCUT2D eigenvalue weighted by Gasteiger charge is -2.12. The first kappa shape index (κ1) is 9.81. The van der Waals surface area contributed by atoms with Gasteiger partial charge in [-0.25, -0.2) is 0 Å². The SMILES string of the molecule is COc1ccc([C@H](N)C2CC2)cc1Cl. The van der Waals surface area contributed by atoms with Crippen LogP contribution < -0.4 is 10.5 Å². The van der Waals surface area contributed by atoms with Gasteiger partial charge in [-0.15, -0.1) is 0 Å². The van der Waals surface area contributed by atoms with Crippen LogP contribution in [0, 0.1) is 5.92 Å². The fourth-order valence-electron chi connectivity index (χ4n) is 1.62. The highest BCUT2D eigenvalue weighted by molar-refractivity contribution is 6.32. The van der Waals surface area contributed by atoms with E-state index in [9.17, 15) is 0 Å². The largest absolute Gasteiger partial charge is 0.495 e. The van der Waals surface area contributed by atoms with Crippen molar-refractivity contribution in [2.75, 3.05) is 7.11 Å². The van der Waals surface area contributed by atoms with Crippen molar-refractivity contribution in [3.8, 4) is 5.75 Å². The van der Waals surface area contributed by atoms with Gasteiger partial charge >= 0.3 is 0 Å². The minimum atomic E-state index is 0.137. The van der Waals surface area contributed by atoms with E-state index in [-0.39, 0.29) is 6.04 Å². The number of hydrogen-bond acceptors (Lipinski definition) is 2. The molecule has 0 aliphatic heterocycles. The number of methoxy groups -OCH3 is 1. The maximum absolute atomic E-state index is 6.06. The van der Waals surface area contributed by atoms with Gasteiger partial charge in [-0.3, -0.25) is 0 Å². The molecule has 0 bridgehead atoms. The Balaban J connectivity index is 2.22. The van der Waals surface area contributed by atoms with Gasteiger partial charge in [0, 0.05) is 6.04 Å². The number of hydrogen-bond donors (Lipinski definition) is 1. The number of halogens is 1. The van der Waals surface area contributed by atoms with Crippen LogP contribution in [0.2, 0.25) is 5.02 Å². The van der Waals surface area contributed by atoms with Gasteiger partial charge < -0.3 is 10.5 Å². The van der Waals surface area contributed by atoms with E-state index in [1.807, 2.05) is 18.2 Å². The molecule has 1 saturated carbocycles. The van der Waals surface area contributed by atoms with Crippen molar-refractivity contribution in [1.82, 2.24) is 0 Å². The molecule has 0 radical (unpaired) electrons. The lowest BCUT2D eigenvalue weighted by atomic mass is 10.0. The first-order valence-electron chi connectivity index (χ1n) is 4.81. The summed E-state index contributed by atoms with van der Waals surface area (Å²) in [6, 6.07) is 5.91. The predicted molar refractivity (Wildman–Crippen MR) is 57.7 cm³/mol. The number of rotatable bonds is 3. The third-order valence-corrected chi connectivity index (χ3v) is 2.99. The van der Waals surface area contributed by atoms with E-state index in [0.29, 0.717) is 16.7 Å². The Hall–Kier alpha value is -0.730. The van der Waals surface area contributed by atoms with Gasteiger partial charge in [-0.2, -0.15) is 0 Å². The van der Waals surface area contributed by atoms with E-state index in [2.05, 4.69) is 0 Å². The van der Waals surface area contributed by atoms with E-state index in [4.69, 9.17) is 22.1 Å². The molecule has 0 aromatic heterocycles. The molecular weight excluding hydrogens is 198 g/mol. The predicted octanol–water partition coefficient (Wildman–Crippen LogP) is 2.76. The molecule has 0 amide bonds.